The Morgan fingerprint density at radius 2 is 1.75 bits per heavy atom. The smallest absolute Gasteiger partial charge is 1.00 e. The largest absolute Gasteiger partial charge is 1.00 e. The van der Waals surface area contributed by atoms with Crippen molar-refractivity contribution in [2.75, 3.05) is 0 Å². The van der Waals surface area contributed by atoms with Crippen molar-refractivity contribution in [1.29, 1.82) is 0 Å². The average molecular weight is 178 g/mol. The van der Waals surface area contributed by atoms with Gasteiger partial charge in [-0.2, -0.15) is 9.72 Å². The SMILES string of the molecule is O=C(O)C(=O)OB(OF)OF.[H-].[Li+]. The van der Waals surface area contributed by atoms with E-state index in [-0.39, 0.29) is 20.3 Å². The van der Waals surface area contributed by atoms with Crippen LogP contribution in [0.5, 0.6) is 0 Å². The van der Waals surface area contributed by atoms with Crippen molar-refractivity contribution in [2.24, 2.45) is 0 Å². The summed E-state index contributed by atoms with van der Waals surface area (Å²) in [7, 11) is -2.60. The summed E-state index contributed by atoms with van der Waals surface area (Å²) >= 11 is 0. The molecule has 0 rings (SSSR count). The molecule has 0 aliphatic heterocycles. The van der Waals surface area contributed by atoms with Crippen LogP contribution in [0.1, 0.15) is 1.43 Å². The van der Waals surface area contributed by atoms with E-state index in [1.165, 1.54) is 0 Å². The molecule has 0 unspecified atom stereocenters. The molecule has 64 valence electrons. The fraction of sp³-hybridized carbons (Fsp3) is 0. The first-order valence-electron chi connectivity index (χ1n) is 2.10. The Morgan fingerprint density at radius 3 is 2.00 bits per heavy atom. The number of halogens is 2. The molecule has 0 aromatic heterocycles. The van der Waals surface area contributed by atoms with E-state index < -0.39 is 19.3 Å². The second-order valence-electron chi connectivity index (χ2n) is 1.18. The van der Waals surface area contributed by atoms with Gasteiger partial charge in [-0.3, -0.25) is 0 Å². The third-order valence-corrected chi connectivity index (χ3v) is 0.523. The van der Waals surface area contributed by atoms with Gasteiger partial charge in [0.2, 0.25) is 0 Å². The van der Waals surface area contributed by atoms with Crippen LogP contribution in [0.2, 0.25) is 0 Å². The van der Waals surface area contributed by atoms with Crippen LogP contribution in [0.4, 0.5) is 9.05 Å². The van der Waals surface area contributed by atoms with Gasteiger partial charge < -0.3 is 11.2 Å². The number of carboxylic acids is 1. The molecule has 0 fully saturated rings. The summed E-state index contributed by atoms with van der Waals surface area (Å²) < 4.78 is 25.3. The van der Waals surface area contributed by atoms with Crippen LogP contribution >= 0.6 is 0 Å². The Balaban J connectivity index is -0.000000500. The van der Waals surface area contributed by atoms with Crippen LogP contribution in [0.25, 0.3) is 0 Å². The number of aliphatic carboxylic acids is 1. The fourth-order valence-corrected chi connectivity index (χ4v) is 0.188. The molecule has 0 aliphatic carbocycles. The Kier molecular flexibility index (Phi) is 8.19. The summed E-state index contributed by atoms with van der Waals surface area (Å²) in [6.07, 6.45) is 0. The van der Waals surface area contributed by atoms with Crippen molar-refractivity contribution in [3.8, 4) is 0 Å². The number of rotatable bonds is 3. The normalized spacial score (nSPS) is 8.17. The standard InChI is InChI=1S/C2HBF2O6.Li.H/c4-10-3(11-5)9-2(8)1(6)7;;/h(H,6,7);;/q;+1;-1. The first-order chi connectivity index (χ1) is 5.11. The van der Waals surface area contributed by atoms with Gasteiger partial charge in [-0.05, 0) is 0 Å². The first kappa shape index (κ1) is 13.9. The molecule has 0 spiro atoms. The van der Waals surface area contributed by atoms with E-state index >= 15 is 0 Å². The third-order valence-electron chi connectivity index (χ3n) is 0.523. The summed E-state index contributed by atoms with van der Waals surface area (Å²) in [5.74, 6) is -3.92. The quantitative estimate of drug-likeness (QED) is 0.356. The van der Waals surface area contributed by atoms with Crippen LogP contribution in [0.3, 0.4) is 0 Å². The summed E-state index contributed by atoms with van der Waals surface area (Å²) in [6.45, 7) is 0. The zero-order valence-corrected chi connectivity index (χ0v) is 5.82. The Bertz CT molecular complexity index is 167. The van der Waals surface area contributed by atoms with Gasteiger partial charge >= 0.3 is 38.1 Å². The zero-order valence-electron chi connectivity index (χ0n) is 6.82. The second kappa shape index (κ2) is 7.05. The first-order valence-corrected chi connectivity index (χ1v) is 2.10. The van der Waals surface area contributed by atoms with Crippen molar-refractivity contribution >= 4 is 19.3 Å². The van der Waals surface area contributed by atoms with Gasteiger partial charge in [0.1, 0.15) is 0 Å². The van der Waals surface area contributed by atoms with E-state index in [4.69, 9.17) is 5.11 Å². The number of carboxylic acid groups (broad SMARTS) is 1. The zero-order chi connectivity index (χ0) is 8.85. The van der Waals surface area contributed by atoms with Gasteiger partial charge in [0, 0.05) is 0 Å². The molecular formula is C2H2BF2LiO6. The predicted octanol–water partition coefficient (Wildman–Crippen LogP) is -3.48. The predicted molar refractivity (Wildman–Crippen MR) is 25.0 cm³/mol. The van der Waals surface area contributed by atoms with Crippen LogP contribution in [0.15, 0.2) is 0 Å². The molecule has 0 saturated heterocycles. The Labute approximate surface area is 78.4 Å². The summed E-state index contributed by atoms with van der Waals surface area (Å²) in [6, 6.07) is 0. The number of carbonyl (C=O) groups excluding carboxylic acids is 1. The average Bonchev–Trinajstić information content (AvgIpc) is 1.99. The maximum Gasteiger partial charge on any atom is 1.00 e. The molecule has 6 nitrogen and oxygen atoms in total. The Morgan fingerprint density at radius 1 is 1.33 bits per heavy atom. The number of hydrogen-bond donors (Lipinski definition) is 1. The van der Waals surface area contributed by atoms with Gasteiger partial charge in [-0.15, -0.1) is 0 Å². The van der Waals surface area contributed by atoms with Gasteiger partial charge in [0.05, 0.1) is 0 Å². The minimum absolute atomic E-state index is 0. The van der Waals surface area contributed by atoms with Gasteiger partial charge in [0.15, 0.2) is 0 Å². The molecule has 0 bridgehead atoms. The molecule has 0 saturated carbocycles. The van der Waals surface area contributed by atoms with Crippen molar-refractivity contribution in [3.63, 3.8) is 0 Å². The maximum atomic E-state index is 10.9. The van der Waals surface area contributed by atoms with Crippen LogP contribution in [-0.2, 0) is 24.0 Å². The molecule has 0 amide bonds. The number of hydrogen-bond acceptors (Lipinski definition) is 5. The van der Waals surface area contributed by atoms with Crippen LogP contribution in [0, 0.1) is 0 Å². The molecule has 0 atom stereocenters. The summed E-state index contributed by atoms with van der Waals surface area (Å²) in [5.41, 5.74) is 0. The summed E-state index contributed by atoms with van der Waals surface area (Å²) in [4.78, 5) is 24.6. The van der Waals surface area contributed by atoms with E-state index in [1.807, 2.05) is 0 Å². The maximum absolute atomic E-state index is 10.9. The molecular weight excluding hydrogens is 176 g/mol. The monoisotopic (exact) mass is 178 g/mol. The van der Waals surface area contributed by atoms with Gasteiger partial charge in [0.25, 0.3) is 0 Å². The van der Waals surface area contributed by atoms with E-state index in [9.17, 15) is 18.6 Å². The molecule has 10 heteroatoms. The number of carbonyl (C=O) groups is 2. The van der Waals surface area contributed by atoms with Crippen LogP contribution < -0.4 is 18.9 Å². The molecule has 0 aromatic rings. The molecule has 0 aromatic carbocycles. The Hall–Kier alpha value is -0.618. The minimum Gasteiger partial charge on any atom is -1.00 e. The molecule has 1 N–H and O–H groups in total. The van der Waals surface area contributed by atoms with E-state index in [1.54, 1.807) is 0 Å². The molecule has 12 heavy (non-hydrogen) atoms. The molecule has 0 heterocycles. The summed E-state index contributed by atoms with van der Waals surface area (Å²) in [5, 5.41) is 7.79. The fourth-order valence-electron chi connectivity index (χ4n) is 0.188. The molecule has 0 radical (unpaired) electrons. The van der Waals surface area contributed by atoms with Crippen molar-refractivity contribution < 1.29 is 58.4 Å². The topological polar surface area (TPSA) is 82.1 Å². The molecule has 0 aliphatic rings. The van der Waals surface area contributed by atoms with Crippen LogP contribution in [-0.4, -0.2) is 24.4 Å². The van der Waals surface area contributed by atoms with Crippen molar-refractivity contribution in [1.82, 2.24) is 0 Å². The van der Waals surface area contributed by atoms with E-state index in [0.717, 1.165) is 0 Å². The van der Waals surface area contributed by atoms with Gasteiger partial charge in [-0.1, -0.05) is 9.05 Å². The van der Waals surface area contributed by atoms with Gasteiger partial charge in [-0.25, -0.2) is 9.59 Å². The third kappa shape index (κ3) is 5.09. The van der Waals surface area contributed by atoms with Crippen molar-refractivity contribution in [2.45, 2.75) is 0 Å². The van der Waals surface area contributed by atoms with E-state index in [0.29, 0.717) is 0 Å². The van der Waals surface area contributed by atoms with Crippen molar-refractivity contribution in [3.05, 3.63) is 0 Å². The second-order valence-corrected chi connectivity index (χ2v) is 1.18. The van der Waals surface area contributed by atoms with E-state index in [2.05, 4.69) is 14.4 Å². The minimum atomic E-state index is -2.60.